The van der Waals surface area contributed by atoms with E-state index < -0.39 is 12.7 Å². The summed E-state index contributed by atoms with van der Waals surface area (Å²) in [6, 6.07) is 3.85. The number of halogens is 3. The van der Waals surface area contributed by atoms with Crippen molar-refractivity contribution in [1.29, 1.82) is 0 Å². The first-order valence-electron chi connectivity index (χ1n) is 7.18. The normalized spacial score (nSPS) is 19.1. The van der Waals surface area contributed by atoms with E-state index in [1.165, 1.54) is 4.90 Å². The van der Waals surface area contributed by atoms with Gasteiger partial charge in [0.05, 0.1) is 19.1 Å². The quantitative estimate of drug-likeness (QED) is 0.895. The maximum atomic E-state index is 12.3. The molecule has 0 bridgehead atoms. The van der Waals surface area contributed by atoms with Gasteiger partial charge in [0, 0.05) is 31.1 Å². The lowest BCUT2D eigenvalue weighted by Crippen LogP contribution is -2.51. The Bertz CT molecular complexity index is 470. The number of rotatable bonds is 5. The highest BCUT2D eigenvalue weighted by molar-refractivity contribution is 7.10. The molecule has 1 aliphatic rings. The Morgan fingerprint density at radius 1 is 1.32 bits per heavy atom. The highest BCUT2D eigenvalue weighted by atomic mass is 32.1. The number of hydrogen-bond acceptors (Lipinski definition) is 4. The van der Waals surface area contributed by atoms with E-state index in [4.69, 9.17) is 0 Å². The van der Waals surface area contributed by atoms with Crippen LogP contribution < -0.4 is 5.32 Å². The van der Waals surface area contributed by atoms with Crippen LogP contribution in [-0.2, 0) is 4.79 Å². The van der Waals surface area contributed by atoms with Crippen molar-refractivity contribution in [1.82, 2.24) is 15.1 Å². The standard InChI is InChI=1S/C14H20F3N3OS/c1-11(12-3-2-8-22-12)18-13(21)9-19-4-6-20(7-5-19)10-14(15,16)17/h2-3,8,11H,4-7,9-10H2,1H3,(H,18,21)/t11-/m0/s1. The van der Waals surface area contributed by atoms with Gasteiger partial charge < -0.3 is 5.32 Å². The van der Waals surface area contributed by atoms with Crippen molar-refractivity contribution >= 4 is 17.2 Å². The first kappa shape index (κ1) is 17.2. The van der Waals surface area contributed by atoms with Crippen LogP contribution in [0.1, 0.15) is 17.8 Å². The highest BCUT2D eigenvalue weighted by Gasteiger charge is 2.32. The SMILES string of the molecule is C[C@H](NC(=O)CN1CCN(CC(F)(F)F)CC1)c1cccs1. The summed E-state index contributed by atoms with van der Waals surface area (Å²) in [5.41, 5.74) is 0. The topological polar surface area (TPSA) is 35.6 Å². The fourth-order valence-electron chi connectivity index (χ4n) is 2.46. The molecule has 4 nitrogen and oxygen atoms in total. The zero-order valence-corrected chi connectivity index (χ0v) is 13.2. The number of amides is 1. The van der Waals surface area contributed by atoms with Crippen molar-refractivity contribution in [3.05, 3.63) is 22.4 Å². The molecule has 1 N–H and O–H groups in total. The van der Waals surface area contributed by atoms with Crippen molar-refractivity contribution in [2.24, 2.45) is 0 Å². The predicted molar refractivity (Wildman–Crippen MR) is 79.8 cm³/mol. The molecule has 1 aliphatic heterocycles. The molecule has 22 heavy (non-hydrogen) atoms. The zero-order valence-electron chi connectivity index (χ0n) is 12.4. The van der Waals surface area contributed by atoms with Gasteiger partial charge in [0.2, 0.25) is 5.91 Å². The van der Waals surface area contributed by atoms with E-state index >= 15 is 0 Å². The summed E-state index contributed by atoms with van der Waals surface area (Å²) in [5.74, 6) is -0.0924. The molecule has 0 saturated carbocycles. The zero-order chi connectivity index (χ0) is 16.2. The maximum Gasteiger partial charge on any atom is 0.401 e. The van der Waals surface area contributed by atoms with Crippen molar-refractivity contribution in [3.8, 4) is 0 Å². The smallest absolute Gasteiger partial charge is 0.348 e. The number of hydrogen-bond donors (Lipinski definition) is 1. The van der Waals surface area contributed by atoms with Gasteiger partial charge in [-0.2, -0.15) is 13.2 Å². The molecule has 2 heterocycles. The molecule has 1 aromatic heterocycles. The largest absolute Gasteiger partial charge is 0.401 e. The lowest BCUT2D eigenvalue weighted by molar-refractivity contribution is -0.150. The molecule has 1 fully saturated rings. The van der Waals surface area contributed by atoms with Crippen LogP contribution in [0.15, 0.2) is 17.5 Å². The first-order valence-corrected chi connectivity index (χ1v) is 8.06. The maximum absolute atomic E-state index is 12.3. The molecular formula is C14H20F3N3OS. The van der Waals surface area contributed by atoms with Crippen LogP contribution in [0.2, 0.25) is 0 Å². The Labute approximate surface area is 131 Å². The fraction of sp³-hybridized carbons (Fsp3) is 0.643. The van der Waals surface area contributed by atoms with Crippen molar-refractivity contribution in [2.45, 2.75) is 19.1 Å². The minimum absolute atomic E-state index is 0.0426. The summed E-state index contributed by atoms with van der Waals surface area (Å²) >= 11 is 1.58. The van der Waals surface area contributed by atoms with E-state index in [9.17, 15) is 18.0 Å². The number of nitrogens with zero attached hydrogens (tertiary/aromatic N) is 2. The molecule has 1 aromatic rings. The van der Waals surface area contributed by atoms with Crippen molar-refractivity contribution in [2.75, 3.05) is 39.3 Å². The fourth-order valence-corrected chi connectivity index (χ4v) is 3.19. The third kappa shape index (κ3) is 5.58. The molecule has 0 unspecified atom stereocenters. The number of piperazine rings is 1. The molecular weight excluding hydrogens is 315 g/mol. The Morgan fingerprint density at radius 3 is 2.50 bits per heavy atom. The van der Waals surface area contributed by atoms with Crippen molar-refractivity contribution < 1.29 is 18.0 Å². The molecule has 0 spiro atoms. The number of alkyl halides is 3. The van der Waals surface area contributed by atoms with Crippen LogP contribution in [0.4, 0.5) is 13.2 Å². The van der Waals surface area contributed by atoms with Gasteiger partial charge in [-0.3, -0.25) is 14.6 Å². The van der Waals surface area contributed by atoms with E-state index in [1.807, 2.05) is 29.3 Å². The first-order chi connectivity index (χ1) is 10.3. The minimum atomic E-state index is -4.16. The molecule has 2 rings (SSSR count). The van der Waals surface area contributed by atoms with Crippen LogP contribution in [-0.4, -0.2) is 61.2 Å². The monoisotopic (exact) mass is 335 g/mol. The van der Waals surface area contributed by atoms with Gasteiger partial charge in [0.15, 0.2) is 0 Å². The average molecular weight is 335 g/mol. The second-order valence-electron chi connectivity index (χ2n) is 5.47. The van der Waals surface area contributed by atoms with Crippen LogP contribution in [0.3, 0.4) is 0 Å². The number of thiophene rings is 1. The van der Waals surface area contributed by atoms with Crippen LogP contribution in [0.25, 0.3) is 0 Å². The van der Waals surface area contributed by atoms with Gasteiger partial charge in [-0.1, -0.05) is 6.07 Å². The molecule has 0 aromatic carbocycles. The Morgan fingerprint density at radius 2 is 1.95 bits per heavy atom. The van der Waals surface area contributed by atoms with Gasteiger partial charge in [-0.25, -0.2) is 0 Å². The minimum Gasteiger partial charge on any atom is -0.348 e. The average Bonchev–Trinajstić information content (AvgIpc) is 2.93. The Kier molecular flexibility index (Phi) is 5.82. The summed E-state index contributed by atoms with van der Waals surface area (Å²) in [6.07, 6.45) is -4.16. The Balaban J connectivity index is 1.70. The Hall–Kier alpha value is -1.12. The molecule has 0 aliphatic carbocycles. The molecule has 0 radical (unpaired) electrons. The van der Waals surface area contributed by atoms with E-state index in [2.05, 4.69) is 5.32 Å². The third-order valence-corrected chi connectivity index (χ3v) is 4.64. The van der Waals surface area contributed by atoms with Gasteiger partial charge >= 0.3 is 6.18 Å². The van der Waals surface area contributed by atoms with E-state index in [1.54, 1.807) is 11.3 Å². The van der Waals surface area contributed by atoms with Gasteiger partial charge in [-0.15, -0.1) is 11.3 Å². The van der Waals surface area contributed by atoms with Crippen LogP contribution in [0, 0.1) is 0 Å². The van der Waals surface area contributed by atoms with E-state index in [-0.39, 0.29) is 18.5 Å². The molecule has 8 heteroatoms. The summed E-state index contributed by atoms with van der Waals surface area (Å²) in [7, 11) is 0. The number of carbonyl (C=O) groups excluding carboxylic acids is 1. The van der Waals surface area contributed by atoms with Gasteiger partial charge in [0.25, 0.3) is 0 Å². The summed E-state index contributed by atoms with van der Waals surface area (Å²) in [4.78, 5) is 16.3. The molecule has 124 valence electrons. The van der Waals surface area contributed by atoms with Crippen molar-refractivity contribution in [3.63, 3.8) is 0 Å². The molecule has 1 amide bonds. The number of carbonyl (C=O) groups is 1. The van der Waals surface area contributed by atoms with E-state index in [0.717, 1.165) is 4.88 Å². The van der Waals surface area contributed by atoms with Gasteiger partial charge in [0.1, 0.15) is 0 Å². The number of nitrogens with one attached hydrogen (secondary N) is 1. The van der Waals surface area contributed by atoms with Crippen LogP contribution in [0.5, 0.6) is 0 Å². The second-order valence-corrected chi connectivity index (χ2v) is 6.45. The lowest BCUT2D eigenvalue weighted by atomic mass is 10.2. The summed E-state index contributed by atoms with van der Waals surface area (Å²) in [5, 5.41) is 4.87. The van der Waals surface area contributed by atoms with Crippen LogP contribution >= 0.6 is 11.3 Å². The predicted octanol–water partition coefficient (Wildman–Crippen LogP) is 2.11. The second kappa shape index (κ2) is 7.43. The van der Waals surface area contributed by atoms with Gasteiger partial charge in [-0.05, 0) is 18.4 Å². The van der Waals surface area contributed by atoms with E-state index in [0.29, 0.717) is 26.2 Å². The summed E-state index contributed by atoms with van der Waals surface area (Å²) in [6.45, 7) is 2.93. The summed E-state index contributed by atoms with van der Waals surface area (Å²) < 4.78 is 36.9. The third-order valence-electron chi connectivity index (χ3n) is 3.58. The molecule has 1 atom stereocenters. The lowest BCUT2D eigenvalue weighted by Gasteiger charge is -2.34. The molecule has 1 saturated heterocycles. The highest BCUT2D eigenvalue weighted by Crippen LogP contribution is 2.19.